The van der Waals surface area contributed by atoms with E-state index in [0.717, 1.165) is 50.0 Å². The van der Waals surface area contributed by atoms with Gasteiger partial charge in [0.25, 0.3) is 0 Å². The molecule has 4 heteroatoms. The van der Waals surface area contributed by atoms with Crippen molar-refractivity contribution in [1.29, 1.82) is 0 Å². The van der Waals surface area contributed by atoms with Gasteiger partial charge in [0.1, 0.15) is 0 Å². The minimum atomic E-state index is 0.105. The Kier molecular flexibility index (Phi) is 4.23. The quantitative estimate of drug-likeness (QED) is 0.926. The van der Waals surface area contributed by atoms with Crippen molar-refractivity contribution in [1.82, 2.24) is 0 Å². The molecule has 1 heterocycles. The molecule has 2 aliphatic rings. The van der Waals surface area contributed by atoms with E-state index in [1.807, 2.05) is 24.3 Å². The van der Waals surface area contributed by atoms with E-state index in [1.165, 1.54) is 6.42 Å². The lowest BCUT2D eigenvalue weighted by molar-refractivity contribution is -0.121. The summed E-state index contributed by atoms with van der Waals surface area (Å²) in [7, 11) is 0. The molecule has 0 spiro atoms. The second-order valence-electron chi connectivity index (χ2n) is 5.99. The highest BCUT2D eigenvalue weighted by molar-refractivity contribution is 6.02. The van der Waals surface area contributed by atoms with E-state index in [-0.39, 0.29) is 17.7 Å². The van der Waals surface area contributed by atoms with Gasteiger partial charge in [-0.25, -0.2) is 0 Å². The Balaban J connectivity index is 1.75. The van der Waals surface area contributed by atoms with Gasteiger partial charge in [0.15, 0.2) is 0 Å². The molecule has 0 radical (unpaired) electrons. The molecule has 21 heavy (non-hydrogen) atoms. The smallest absolute Gasteiger partial charge is 0.227 e. The van der Waals surface area contributed by atoms with Crippen LogP contribution in [-0.4, -0.2) is 18.4 Å². The van der Waals surface area contributed by atoms with E-state index in [2.05, 4.69) is 5.32 Å². The van der Waals surface area contributed by atoms with Crippen LogP contribution in [0.25, 0.3) is 0 Å². The van der Waals surface area contributed by atoms with Gasteiger partial charge >= 0.3 is 0 Å². The Hall–Kier alpha value is -1.84. The fourth-order valence-corrected chi connectivity index (χ4v) is 3.32. The van der Waals surface area contributed by atoms with Gasteiger partial charge in [-0.3, -0.25) is 9.59 Å². The van der Waals surface area contributed by atoms with Crippen LogP contribution < -0.4 is 10.2 Å². The SMILES string of the molecule is O=C(Nc1ccccc1N1CCCC1=O)C1CCCCC1. The van der Waals surface area contributed by atoms with E-state index in [0.29, 0.717) is 6.42 Å². The highest BCUT2D eigenvalue weighted by Gasteiger charge is 2.26. The summed E-state index contributed by atoms with van der Waals surface area (Å²) in [6.45, 7) is 0.745. The van der Waals surface area contributed by atoms with Crippen molar-refractivity contribution in [2.75, 3.05) is 16.8 Å². The number of para-hydroxylation sites is 2. The highest BCUT2D eigenvalue weighted by Crippen LogP contribution is 2.31. The van der Waals surface area contributed by atoms with Gasteiger partial charge in [0.05, 0.1) is 11.4 Å². The van der Waals surface area contributed by atoms with Crippen LogP contribution in [0.1, 0.15) is 44.9 Å². The zero-order valence-corrected chi connectivity index (χ0v) is 12.3. The number of carbonyl (C=O) groups is 2. The molecule has 1 N–H and O–H groups in total. The van der Waals surface area contributed by atoms with Gasteiger partial charge in [-0.05, 0) is 31.4 Å². The molecule has 2 fully saturated rings. The number of anilines is 2. The Morgan fingerprint density at radius 2 is 1.86 bits per heavy atom. The van der Waals surface area contributed by atoms with E-state index in [1.54, 1.807) is 4.90 Å². The second kappa shape index (κ2) is 6.29. The van der Waals surface area contributed by atoms with E-state index >= 15 is 0 Å². The van der Waals surface area contributed by atoms with Gasteiger partial charge in [0, 0.05) is 18.9 Å². The van der Waals surface area contributed by atoms with E-state index in [9.17, 15) is 9.59 Å². The molecule has 1 aliphatic heterocycles. The fourth-order valence-electron chi connectivity index (χ4n) is 3.32. The molecule has 0 aromatic heterocycles. The average Bonchev–Trinajstić information content (AvgIpc) is 2.95. The lowest BCUT2D eigenvalue weighted by atomic mass is 9.88. The number of hydrogen-bond acceptors (Lipinski definition) is 2. The van der Waals surface area contributed by atoms with Crippen LogP contribution in [0.5, 0.6) is 0 Å². The van der Waals surface area contributed by atoms with Crippen molar-refractivity contribution >= 4 is 23.2 Å². The molecular weight excluding hydrogens is 264 g/mol. The predicted molar refractivity (Wildman–Crippen MR) is 83.2 cm³/mol. The molecule has 112 valence electrons. The lowest BCUT2D eigenvalue weighted by Crippen LogP contribution is -2.28. The number of amides is 2. The lowest BCUT2D eigenvalue weighted by Gasteiger charge is -2.23. The topological polar surface area (TPSA) is 49.4 Å². The van der Waals surface area contributed by atoms with Crippen molar-refractivity contribution in [3.63, 3.8) is 0 Å². The van der Waals surface area contributed by atoms with Gasteiger partial charge in [-0.2, -0.15) is 0 Å². The molecule has 0 bridgehead atoms. The molecule has 0 atom stereocenters. The van der Waals surface area contributed by atoms with Crippen molar-refractivity contribution < 1.29 is 9.59 Å². The van der Waals surface area contributed by atoms with Crippen molar-refractivity contribution in [3.05, 3.63) is 24.3 Å². The molecule has 0 unspecified atom stereocenters. The molecule has 1 saturated carbocycles. The second-order valence-corrected chi connectivity index (χ2v) is 5.99. The van der Waals surface area contributed by atoms with Crippen LogP contribution >= 0.6 is 0 Å². The van der Waals surface area contributed by atoms with E-state index < -0.39 is 0 Å². The van der Waals surface area contributed by atoms with Crippen LogP contribution in [0.15, 0.2) is 24.3 Å². The molecule has 1 aliphatic carbocycles. The van der Waals surface area contributed by atoms with Crippen LogP contribution in [0.4, 0.5) is 11.4 Å². The average molecular weight is 286 g/mol. The summed E-state index contributed by atoms with van der Waals surface area (Å²) < 4.78 is 0. The van der Waals surface area contributed by atoms with Gasteiger partial charge in [0.2, 0.25) is 11.8 Å². The monoisotopic (exact) mass is 286 g/mol. The first-order chi connectivity index (χ1) is 10.3. The summed E-state index contributed by atoms with van der Waals surface area (Å²) in [5, 5.41) is 3.04. The summed E-state index contributed by atoms with van der Waals surface area (Å²) in [4.78, 5) is 26.1. The zero-order valence-electron chi connectivity index (χ0n) is 12.3. The van der Waals surface area contributed by atoms with Gasteiger partial charge in [-0.1, -0.05) is 31.4 Å². The first kappa shape index (κ1) is 14.1. The Morgan fingerprint density at radius 1 is 1.10 bits per heavy atom. The highest BCUT2D eigenvalue weighted by atomic mass is 16.2. The van der Waals surface area contributed by atoms with Crippen LogP contribution in [0, 0.1) is 5.92 Å². The first-order valence-corrected chi connectivity index (χ1v) is 7.96. The van der Waals surface area contributed by atoms with E-state index in [4.69, 9.17) is 0 Å². The zero-order chi connectivity index (χ0) is 14.7. The number of rotatable bonds is 3. The Bertz CT molecular complexity index is 535. The minimum absolute atomic E-state index is 0.105. The molecule has 1 saturated heterocycles. The molecule has 2 amide bonds. The summed E-state index contributed by atoms with van der Waals surface area (Å²) in [5.41, 5.74) is 1.60. The van der Waals surface area contributed by atoms with Crippen LogP contribution in [-0.2, 0) is 9.59 Å². The Morgan fingerprint density at radius 3 is 2.57 bits per heavy atom. The van der Waals surface area contributed by atoms with Crippen molar-refractivity contribution in [2.45, 2.75) is 44.9 Å². The molecule has 3 rings (SSSR count). The number of nitrogens with one attached hydrogen (secondary N) is 1. The molecule has 1 aromatic rings. The summed E-state index contributed by atoms with van der Waals surface area (Å²) in [6.07, 6.45) is 6.99. The molecular formula is C17H22N2O2. The maximum absolute atomic E-state index is 12.4. The minimum Gasteiger partial charge on any atom is -0.324 e. The number of nitrogens with zero attached hydrogens (tertiary/aromatic N) is 1. The van der Waals surface area contributed by atoms with Gasteiger partial charge < -0.3 is 10.2 Å². The Labute approximate surface area is 125 Å². The maximum Gasteiger partial charge on any atom is 0.227 e. The van der Waals surface area contributed by atoms with Crippen LogP contribution in [0.3, 0.4) is 0 Å². The van der Waals surface area contributed by atoms with Crippen molar-refractivity contribution in [2.24, 2.45) is 5.92 Å². The van der Waals surface area contributed by atoms with Gasteiger partial charge in [-0.15, -0.1) is 0 Å². The molecule has 1 aromatic carbocycles. The number of carbonyl (C=O) groups excluding carboxylic acids is 2. The summed E-state index contributed by atoms with van der Waals surface area (Å²) in [6, 6.07) is 7.62. The first-order valence-electron chi connectivity index (χ1n) is 7.96. The largest absolute Gasteiger partial charge is 0.324 e. The van der Waals surface area contributed by atoms with Crippen molar-refractivity contribution in [3.8, 4) is 0 Å². The standard InChI is InChI=1S/C17H22N2O2/c20-16-11-6-12-19(16)15-10-5-4-9-14(15)18-17(21)13-7-2-1-3-8-13/h4-5,9-10,13H,1-3,6-8,11-12H2,(H,18,21). The number of benzene rings is 1. The third-order valence-corrected chi connectivity index (χ3v) is 4.50. The maximum atomic E-state index is 12.4. The fraction of sp³-hybridized carbons (Fsp3) is 0.529. The van der Waals surface area contributed by atoms with Crippen LogP contribution in [0.2, 0.25) is 0 Å². The summed E-state index contributed by atoms with van der Waals surface area (Å²) >= 11 is 0. The predicted octanol–water partition coefficient (Wildman–Crippen LogP) is 3.33. The summed E-state index contributed by atoms with van der Waals surface area (Å²) in [5.74, 6) is 0.379. The molecule has 4 nitrogen and oxygen atoms in total. The third-order valence-electron chi connectivity index (χ3n) is 4.50. The normalized spacial score (nSPS) is 19.8. The third kappa shape index (κ3) is 3.09. The number of hydrogen-bond donors (Lipinski definition) is 1.